The van der Waals surface area contributed by atoms with Gasteiger partial charge >= 0.3 is 11.9 Å². The van der Waals surface area contributed by atoms with Crippen molar-refractivity contribution < 1.29 is 29.0 Å². The summed E-state index contributed by atoms with van der Waals surface area (Å²) in [7, 11) is 0. The Balaban J connectivity index is 1.63. The van der Waals surface area contributed by atoms with Gasteiger partial charge in [-0.15, -0.1) is 0 Å². The van der Waals surface area contributed by atoms with Gasteiger partial charge in [-0.2, -0.15) is 0 Å². The van der Waals surface area contributed by atoms with Crippen molar-refractivity contribution in [1.29, 1.82) is 0 Å². The van der Waals surface area contributed by atoms with Crippen molar-refractivity contribution in [3.05, 3.63) is 60.2 Å². The number of benzene rings is 2. The lowest BCUT2D eigenvalue weighted by molar-refractivity contribution is -0.175. The average molecular weight is 468 g/mol. The Morgan fingerprint density at radius 2 is 1.62 bits per heavy atom. The summed E-state index contributed by atoms with van der Waals surface area (Å²) >= 11 is 0. The largest absolute Gasteiger partial charge is 0.481 e. The van der Waals surface area contributed by atoms with Crippen molar-refractivity contribution in [3.8, 4) is 11.5 Å². The molecular formula is C27H33NO6. The molecule has 7 nitrogen and oxygen atoms in total. The minimum atomic E-state index is -1.12. The molecule has 0 heterocycles. The summed E-state index contributed by atoms with van der Waals surface area (Å²) in [5, 5.41) is 9.70. The first-order chi connectivity index (χ1) is 16.4. The molecule has 1 fully saturated rings. The molecule has 0 radical (unpaired) electrons. The zero-order chi connectivity index (χ0) is 24.5. The number of carbonyl (C=O) groups excluding carboxylic acids is 2. The second-order valence-corrected chi connectivity index (χ2v) is 8.65. The Labute approximate surface area is 200 Å². The van der Waals surface area contributed by atoms with E-state index in [-0.39, 0.29) is 18.9 Å². The van der Waals surface area contributed by atoms with Crippen molar-refractivity contribution >= 4 is 17.8 Å². The molecule has 7 heteroatoms. The monoisotopic (exact) mass is 467 g/mol. The highest BCUT2D eigenvalue weighted by atomic mass is 16.5. The summed E-state index contributed by atoms with van der Waals surface area (Å²) in [5.74, 6) is -2.95. The molecule has 0 aliphatic heterocycles. The number of ether oxygens (including phenoxy) is 2. The standard InChI is InChI=1S/C27H33NO6/c1-3-5-16-33-27(32)23-17-22(24(23)26(30)31)25(29)28(15-4-2)18-19-11-13-21(14-12-19)34-20-9-7-6-8-10-20/h6-14,22-24H,3-5,15-18H2,1-2H3,(H,30,31). The molecule has 2 aromatic rings. The number of hydrogen-bond donors (Lipinski definition) is 1. The van der Waals surface area contributed by atoms with Gasteiger partial charge in [0.25, 0.3) is 0 Å². The van der Waals surface area contributed by atoms with Gasteiger partial charge in [0.15, 0.2) is 0 Å². The maximum absolute atomic E-state index is 13.3. The normalized spacial score (nSPS) is 19.1. The molecule has 1 saturated carbocycles. The van der Waals surface area contributed by atoms with E-state index in [9.17, 15) is 19.5 Å². The van der Waals surface area contributed by atoms with E-state index >= 15 is 0 Å². The van der Waals surface area contributed by atoms with Crippen LogP contribution in [0.3, 0.4) is 0 Å². The summed E-state index contributed by atoms with van der Waals surface area (Å²) in [4.78, 5) is 39.1. The zero-order valence-corrected chi connectivity index (χ0v) is 19.8. The van der Waals surface area contributed by atoms with Crippen LogP contribution >= 0.6 is 0 Å². The van der Waals surface area contributed by atoms with Crippen LogP contribution < -0.4 is 4.74 Å². The summed E-state index contributed by atoms with van der Waals surface area (Å²) in [6.07, 6.45) is 2.57. The number of nitrogens with zero attached hydrogens (tertiary/aromatic N) is 1. The first kappa shape index (κ1) is 25.3. The van der Waals surface area contributed by atoms with Crippen molar-refractivity contribution in [1.82, 2.24) is 4.90 Å². The Kier molecular flexibility index (Phi) is 9.08. The third-order valence-electron chi connectivity index (χ3n) is 6.10. The second kappa shape index (κ2) is 12.2. The SMILES string of the molecule is CCCCOC(=O)C1CC(C(=O)N(CCC)Cc2ccc(Oc3ccccc3)cc2)C1C(=O)O. The predicted octanol–water partition coefficient (Wildman–Crippen LogP) is 4.90. The quantitative estimate of drug-likeness (QED) is 0.353. The van der Waals surface area contributed by atoms with Crippen molar-refractivity contribution in [2.24, 2.45) is 17.8 Å². The molecule has 3 atom stereocenters. The fourth-order valence-electron chi connectivity index (χ4n) is 4.20. The first-order valence-electron chi connectivity index (χ1n) is 11.9. The van der Waals surface area contributed by atoms with Crippen LogP contribution in [0.5, 0.6) is 11.5 Å². The van der Waals surface area contributed by atoms with Crippen LogP contribution in [0, 0.1) is 17.8 Å². The Morgan fingerprint density at radius 3 is 2.24 bits per heavy atom. The Hall–Kier alpha value is -3.35. The minimum Gasteiger partial charge on any atom is -0.481 e. The van der Waals surface area contributed by atoms with E-state index in [0.29, 0.717) is 18.8 Å². The van der Waals surface area contributed by atoms with Gasteiger partial charge in [0.2, 0.25) is 5.91 Å². The highest BCUT2D eigenvalue weighted by Crippen LogP contribution is 2.43. The van der Waals surface area contributed by atoms with Gasteiger partial charge in [-0.3, -0.25) is 14.4 Å². The van der Waals surface area contributed by atoms with E-state index in [4.69, 9.17) is 9.47 Å². The molecule has 1 aliphatic carbocycles. The molecule has 3 unspecified atom stereocenters. The number of carboxylic acids is 1. The average Bonchev–Trinajstić information content (AvgIpc) is 2.80. The molecule has 34 heavy (non-hydrogen) atoms. The van der Waals surface area contributed by atoms with E-state index in [1.807, 2.05) is 68.4 Å². The number of carbonyl (C=O) groups is 3. The molecule has 1 aliphatic rings. The smallest absolute Gasteiger partial charge is 0.309 e. The van der Waals surface area contributed by atoms with E-state index < -0.39 is 29.7 Å². The highest BCUT2D eigenvalue weighted by Gasteiger charge is 2.54. The van der Waals surface area contributed by atoms with Gasteiger partial charge in [0, 0.05) is 13.1 Å². The fraction of sp³-hybridized carbons (Fsp3) is 0.444. The number of aliphatic carboxylic acids is 1. The summed E-state index contributed by atoms with van der Waals surface area (Å²) in [6, 6.07) is 17.0. The molecule has 0 spiro atoms. The van der Waals surface area contributed by atoms with Crippen LogP contribution in [-0.2, 0) is 25.7 Å². The van der Waals surface area contributed by atoms with Gasteiger partial charge < -0.3 is 19.5 Å². The van der Waals surface area contributed by atoms with Gasteiger partial charge in [0.05, 0.1) is 24.4 Å². The minimum absolute atomic E-state index is 0.213. The number of esters is 1. The second-order valence-electron chi connectivity index (χ2n) is 8.65. The molecule has 0 bridgehead atoms. The van der Waals surface area contributed by atoms with E-state index in [1.54, 1.807) is 4.90 Å². The Bertz CT molecular complexity index is 959. The molecule has 0 saturated heterocycles. The van der Waals surface area contributed by atoms with Crippen LogP contribution in [0.4, 0.5) is 0 Å². The number of rotatable bonds is 12. The topological polar surface area (TPSA) is 93.1 Å². The number of unbranched alkanes of at least 4 members (excludes halogenated alkanes) is 1. The van der Waals surface area contributed by atoms with Gasteiger partial charge in [-0.25, -0.2) is 0 Å². The molecule has 1 N–H and O–H groups in total. The fourth-order valence-corrected chi connectivity index (χ4v) is 4.20. The zero-order valence-electron chi connectivity index (χ0n) is 19.8. The van der Waals surface area contributed by atoms with Crippen LogP contribution in [0.1, 0.15) is 45.1 Å². The summed E-state index contributed by atoms with van der Waals surface area (Å²) in [5.41, 5.74) is 0.920. The maximum Gasteiger partial charge on any atom is 0.309 e. The van der Waals surface area contributed by atoms with Crippen LogP contribution in [0.25, 0.3) is 0 Å². The molecule has 0 aromatic heterocycles. The van der Waals surface area contributed by atoms with E-state index in [2.05, 4.69) is 0 Å². The Morgan fingerprint density at radius 1 is 0.941 bits per heavy atom. The van der Waals surface area contributed by atoms with E-state index in [0.717, 1.165) is 30.6 Å². The first-order valence-corrected chi connectivity index (χ1v) is 11.9. The number of para-hydroxylation sites is 1. The molecule has 1 amide bonds. The maximum atomic E-state index is 13.3. The summed E-state index contributed by atoms with van der Waals surface area (Å²) in [6.45, 7) is 5.11. The van der Waals surface area contributed by atoms with Gasteiger partial charge in [0.1, 0.15) is 11.5 Å². The van der Waals surface area contributed by atoms with E-state index in [1.165, 1.54) is 0 Å². The van der Waals surface area contributed by atoms with Crippen LogP contribution in [0.15, 0.2) is 54.6 Å². The lowest BCUT2D eigenvalue weighted by atomic mass is 9.64. The van der Waals surface area contributed by atoms with Crippen molar-refractivity contribution in [2.45, 2.75) is 46.1 Å². The van der Waals surface area contributed by atoms with Crippen LogP contribution in [-0.4, -0.2) is 41.0 Å². The van der Waals surface area contributed by atoms with Crippen molar-refractivity contribution in [3.63, 3.8) is 0 Å². The van der Waals surface area contributed by atoms with Gasteiger partial charge in [-0.1, -0.05) is 50.6 Å². The number of carboxylic acid groups (broad SMARTS) is 1. The number of hydrogen-bond acceptors (Lipinski definition) is 5. The third kappa shape index (κ3) is 6.37. The lowest BCUT2D eigenvalue weighted by Gasteiger charge is -2.41. The number of amides is 1. The summed E-state index contributed by atoms with van der Waals surface area (Å²) < 4.78 is 11.0. The highest BCUT2D eigenvalue weighted by molar-refractivity contribution is 5.92. The molecule has 182 valence electrons. The third-order valence-corrected chi connectivity index (χ3v) is 6.10. The molecular weight excluding hydrogens is 434 g/mol. The van der Waals surface area contributed by atoms with Gasteiger partial charge in [-0.05, 0) is 49.1 Å². The lowest BCUT2D eigenvalue weighted by Crippen LogP contribution is -2.53. The molecule has 2 aromatic carbocycles. The van der Waals surface area contributed by atoms with Crippen molar-refractivity contribution in [2.75, 3.05) is 13.2 Å². The van der Waals surface area contributed by atoms with Crippen LogP contribution in [0.2, 0.25) is 0 Å². The predicted molar refractivity (Wildman–Crippen MR) is 127 cm³/mol. The molecule has 3 rings (SSSR count).